The van der Waals surface area contributed by atoms with Crippen LogP contribution in [0.15, 0.2) is 27.6 Å². The Hall–Kier alpha value is 0.150. The summed E-state index contributed by atoms with van der Waals surface area (Å²) < 4.78 is 27.4. The van der Waals surface area contributed by atoms with Gasteiger partial charge in [0, 0.05) is 16.6 Å². The van der Waals surface area contributed by atoms with Gasteiger partial charge in [-0.3, -0.25) is 0 Å². The Morgan fingerprint density at radius 2 is 2.00 bits per heavy atom. The van der Waals surface area contributed by atoms with Crippen LogP contribution in [0.1, 0.15) is 13.8 Å². The predicted octanol–water partition coefficient (Wildman–Crippen LogP) is 2.54. The average molecular weight is 378 g/mol. The Balaban J connectivity index is 0.00000289. The van der Waals surface area contributed by atoms with Gasteiger partial charge in [-0.05, 0) is 32.0 Å². The zero-order chi connectivity index (χ0) is 13.3. The van der Waals surface area contributed by atoms with Crippen LogP contribution in [0.3, 0.4) is 0 Å². The highest BCUT2D eigenvalue weighted by atomic mass is 79.9. The van der Waals surface area contributed by atoms with Crippen molar-refractivity contribution in [1.29, 1.82) is 0 Å². The third kappa shape index (κ3) is 4.68. The summed E-state index contributed by atoms with van der Waals surface area (Å²) in [5, 5.41) is 0.166. The Morgan fingerprint density at radius 3 is 2.44 bits per heavy atom. The van der Waals surface area contributed by atoms with Crippen LogP contribution in [0.4, 0.5) is 0 Å². The minimum Gasteiger partial charge on any atom is -0.329 e. The molecule has 1 rings (SSSR count). The lowest BCUT2D eigenvalue weighted by atomic mass is 10.1. The van der Waals surface area contributed by atoms with Crippen LogP contribution in [0.5, 0.6) is 0 Å². The molecule has 8 heteroatoms. The van der Waals surface area contributed by atoms with Crippen molar-refractivity contribution in [2.24, 2.45) is 5.73 Å². The lowest BCUT2D eigenvalue weighted by Gasteiger charge is -2.24. The van der Waals surface area contributed by atoms with E-state index in [1.54, 1.807) is 19.9 Å². The summed E-state index contributed by atoms with van der Waals surface area (Å²) in [7, 11) is -3.66. The molecule has 3 N–H and O–H groups in total. The maximum absolute atomic E-state index is 12.1. The van der Waals surface area contributed by atoms with Gasteiger partial charge in [-0.15, -0.1) is 12.4 Å². The Kier molecular flexibility index (Phi) is 6.60. The van der Waals surface area contributed by atoms with Crippen LogP contribution in [0, 0.1) is 0 Å². The molecule has 0 aliphatic rings. The molecule has 4 nitrogen and oxygen atoms in total. The van der Waals surface area contributed by atoms with Crippen LogP contribution >= 0.6 is 39.9 Å². The van der Waals surface area contributed by atoms with E-state index in [4.69, 9.17) is 17.3 Å². The molecule has 1 aromatic rings. The molecule has 0 unspecified atom stereocenters. The highest BCUT2D eigenvalue weighted by molar-refractivity contribution is 9.10. The van der Waals surface area contributed by atoms with Crippen molar-refractivity contribution >= 4 is 50.0 Å². The highest BCUT2D eigenvalue weighted by Crippen LogP contribution is 2.25. The fourth-order valence-corrected chi connectivity index (χ4v) is 3.62. The maximum Gasteiger partial charge on any atom is 0.242 e. The largest absolute Gasteiger partial charge is 0.329 e. The first-order valence-electron chi connectivity index (χ1n) is 4.87. The zero-order valence-corrected chi connectivity index (χ0v) is 13.9. The van der Waals surface area contributed by atoms with Gasteiger partial charge in [-0.2, -0.15) is 0 Å². The molecule has 18 heavy (non-hydrogen) atoms. The van der Waals surface area contributed by atoms with E-state index in [1.807, 2.05) is 0 Å². The number of halogens is 3. The van der Waals surface area contributed by atoms with Gasteiger partial charge < -0.3 is 5.73 Å². The zero-order valence-electron chi connectivity index (χ0n) is 9.91. The first-order chi connectivity index (χ1) is 7.68. The topological polar surface area (TPSA) is 72.2 Å². The van der Waals surface area contributed by atoms with E-state index in [-0.39, 0.29) is 28.9 Å². The molecule has 0 heterocycles. The van der Waals surface area contributed by atoms with E-state index in [2.05, 4.69) is 20.7 Å². The molecule has 0 aromatic heterocycles. The summed E-state index contributed by atoms with van der Waals surface area (Å²) >= 11 is 9.12. The summed E-state index contributed by atoms with van der Waals surface area (Å²) in [5.74, 6) is 0. The molecule has 0 bridgehead atoms. The fourth-order valence-electron chi connectivity index (χ4n) is 1.15. The van der Waals surface area contributed by atoms with Crippen molar-refractivity contribution in [3.8, 4) is 0 Å². The Morgan fingerprint density at radius 1 is 1.44 bits per heavy atom. The quantitative estimate of drug-likeness (QED) is 0.846. The van der Waals surface area contributed by atoms with Crippen LogP contribution in [0.2, 0.25) is 5.02 Å². The van der Waals surface area contributed by atoms with E-state index in [1.165, 1.54) is 12.1 Å². The summed E-state index contributed by atoms with van der Waals surface area (Å²) in [5.41, 5.74) is 4.77. The van der Waals surface area contributed by atoms with E-state index in [9.17, 15) is 8.42 Å². The smallest absolute Gasteiger partial charge is 0.242 e. The first kappa shape index (κ1) is 18.1. The van der Waals surface area contributed by atoms with Gasteiger partial charge in [0.25, 0.3) is 0 Å². The lowest BCUT2D eigenvalue weighted by Crippen LogP contribution is -2.48. The van der Waals surface area contributed by atoms with Gasteiger partial charge in [0.2, 0.25) is 10.0 Å². The molecular formula is C10H15BrCl2N2O2S. The molecule has 0 aliphatic heterocycles. The summed E-state index contributed by atoms with van der Waals surface area (Å²) in [4.78, 5) is 0.0453. The monoisotopic (exact) mass is 376 g/mol. The van der Waals surface area contributed by atoms with Crippen molar-refractivity contribution < 1.29 is 8.42 Å². The normalized spacial score (nSPS) is 12.1. The van der Waals surface area contributed by atoms with Gasteiger partial charge in [-0.25, -0.2) is 13.1 Å². The van der Waals surface area contributed by atoms with Gasteiger partial charge in [0.05, 0.1) is 5.02 Å². The van der Waals surface area contributed by atoms with Crippen LogP contribution in [0.25, 0.3) is 0 Å². The van der Waals surface area contributed by atoms with E-state index < -0.39 is 15.6 Å². The van der Waals surface area contributed by atoms with Crippen molar-refractivity contribution in [3.63, 3.8) is 0 Å². The van der Waals surface area contributed by atoms with Crippen molar-refractivity contribution in [2.45, 2.75) is 24.3 Å². The first-order valence-corrected chi connectivity index (χ1v) is 7.52. The molecule has 0 aliphatic carbocycles. The number of hydrogen-bond acceptors (Lipinski definition) is 3. The third-order valence-corrected chi connectivity index (χ3v) is 4.78. The van der Waals surface area contributed by atoms with Gasteiger partial charge in [0.15, 0.2) is 0 Å². The van der Waals surface area contributed by atoms with Crippen LogP contribution < -0.4 is 10.5 Å². The number of hydrogen-bond donors (Lipinski definition) is 2. The van der Waals surface area contributed by atoms with Crippen LogP contribution in [-0.2, 0) is 10.0 Å². The molecule has 0 spiro atoms. The van der Waals surface area contributed by atoms with Crippen molar-refractivity contribution in [2.75, 3.05) is 6.54 Å². The highest BCUT2D eigenvalue weighted by Gasteiger charge is 2.26. The maximum atomic E-state index is 12.1. The average Bonchev–Trinajstić information content (AvgIpc) is 2.15. The summed E-state index contributed by atoms with van der Waals surface area (Å²) in [6.45, 7) is 3.61. The number of sulfonamides is 1. The molecular weight excluding hydrogens is 363 g/mol. The molecule has 0 saturated heterocycles. The minimum atomic E-state index is -3.66. The van der Waals surface area contributed by atoms with E-state index >= 15 is 0 Å². The van der Waals surface area contributed by atoms with Crippen molar-refractivity contribution in [1.82, 2.24) is 4.72 Å². The number of rotatable bonds is 4. The van der Waals surface area contributed by atoms with Gasteiger partial charge >= 0.3 is 0 Å². The van der Waals surface area contributed by atoms with E-state index in [0.717, 1.165) is 4.47 Å². The summed E-state index contributed by atoms with van der Waals surface area (Å²) in [6.07, 6.45) is 0. The van der Waals surface area contributed by atoms with Crippen LogP contribution in [-0.4, -0.2) is 20.5 Å². The van der Waals surface area contributed by atoms with E-state index in [0.29, 0.717) is 0 Å². The number of benzene rings is 1. The molecule has 0 radical (unpaired) electrons. The Labute approximate surface area is 127 Å². The molecule has 0 fully saturated rings. The second kappa shape index (κ2) is 6.54. The van der Waals surface area contributed by atoms with Gasteiger partial charge in [0.1, 0.15) is 4.90 Å². The number of nitrogens with two attached hydrogens (primary N) is 1. The lowest BCUT2D eigenvalue weighted by molar-refractivity contribution is 0.462. The molecule has 0 amide bonds. The fraction of sp³-hybridized carbons (Fsp3) is 0.400. The third-order valence-electron chi connectivity index (χ3n) is 2.10. The second-order valence-electron chi connectivity index (χ2n) is 4.27. The molecule has 0 atom stereocenters. The van der Waals surface area contributed by atoms with Crippen molar-refractivity contribution in [3.05, 3.63) is 27.7 Å². The summed E-state index contributed by atoms with van der Waals surface area (Å²) in [6, 6.07) is 4.60. The molecule has 0 saturated carbocycles. The Bertz CT molecular complexity index is 521. The predicted molar refractivity (Wildman–Crippen MR) is 79.9 cm³/mol. The standard InChI is InChI=1S/C10H14BrClN2O2S.ClH/c1-10(2,6-13)14-17(15,16)9-4-3-7(11)5-8(9)12;/h3-5,14H,6,13H2,1-2H3;1H. The minimum absolute atomic E-state index is 0. The second-order valence-corrected chi connectivity index (χ2v) is 7.24. The van der Waals surface area contributed by atoms with Gasteiger partial charge in [-0.1, -0.05) is 27.5 Å². The molecule has 104 valence electrons. The number of nitrogens with one attached hydrogen (secondary N) is 1. The molecule has 1 aromatic carbocycles. The SMILES string of the molecule is CC(C)(CN)NS(=O)(=O)c1ccc(Br)cc1Cl.Cl.